The molecule has 0 fully saturated rings. The lowest BCUT2D eigenvalue weighted by Crippen LogP contribution is -2.26. The third kappa shape index (κ3) is 2.55. The summed E-state index contributed by atoms with van der Waals surface area (Å²) in [5.41, 5.74) is 1.76. The number of rotatable bonds is 3. The molecular formula is C19H13BrN2O2. The Hall–Kier alpha value is -2.71. The molecule has 1 heterocycles. The summed E-state index contributed by atoms with van der Waals surface area (Å²) in [5, 5.41) is 9.58. The minimum Gasteiger partial charge on any atom is -0.308 e. The first-order valence-electron chi connectivity index (χ1n) is 7.44. The van der Waals surface area contributed by atoms with E-state index >= 15 is 0 Å². The Morgan fingerprint density at radius 2 is 1.92 bits per heavy atom. The van der Waals surface area contributed by atoms with Gasteiger partial charge in [-0.1, -0.05) is 46.3 Å². The third-order valence-corrected chi connectivity index (χ3v) is 4.41. The van der Waals surface area contributed by atoms with Crippen LogP contribution in [0.4, 0.5) is 5.69 Å². The molecule has 2 aromatic carbocycles. The second-order valence-corrected chi connectivity index (χ2v) is 6.18. The number of nitrogens with zero attached hydrogens (tertiary/aromatic N) is 2. The minimum atomic E-state index is -0.440. The number of anilines is 1. The average molecular weight is 381 g/mol. The molecule has 0 bridgehead atoms. The molecule has 0 radical (unpaired) electrons. The van der Waals surface area contributed by atoms with E-state index in [1.54, 1.807) is 41.3 Å². The van der Waals surface area contributed by atoms with Gasteiger partial charge in [0, 0.05) is 22.1 Å². The normalized spacial score (nSPS) is 15.0. The van der Waals surface area contributed by atoms with Crippen LogP contribution in [0.1, 0.15) is 22.8 Å². The van der Waals surface area contributed by atoms with E-state index in [1.165, 1.54) is 0 Å². The molecule has 24 heavy (non-hydrogen) atoms. The fourth-order valence-corrected chi connectivity index (χ4v) is 3.17. The van der Waals surface area contributed by atoms with Gasteiger partial charge in [0.25, 0.3) is 5.91 Å². The predicted octanol–water partition coefficient (Wildman–Crippen LogP) is 3.98. The summed E-state index contributed by atoms with van der Waals surface area (Å²) in [5.74, 6) is -0.753. The summed E-state index contributed by atoms with van der Waals surface area (Å²) in [6.07, 6.45) is 0. The highest BCUT2D eigenvalue weighted by molar-refractivity contribution is 9.10. The summed E-state index contributed by atoms with van der Waals surface area (Å²) in [6, 6.07) is 15.9. The van der Waals surface area contributed by atoms with Gasteiger partial charge in [-0.15, -0.1) is 0 Å². The number of carbonyl (C=O) groups excluding carboxylic acids is 2. The molecule has 0 aromatic heterocycles. The Kier molecular flexibility index (Phi) is 4.32. The van der Waals surface area contributed by atoms with E-state index in [0.29, 0.717) is 23.4 Å². The highest BCUT2D eigenvalue weighted by atomic mass is 79.9. The lowest BCUT2D eigenvalue weighted by molar-refractivity contribution is -0.113. The molecule has 3 rings (SSSR count). The maximum absolute atomic E-state index is 12.8. The van der Waals surface area contributed by atoms with Gasteiger partial charge < -0.3 is 4.90 Å². The molecule has 5 heteroatoms. The molecule has 2 aromatic rings. The van der Waals surface area contributed by atoms with Crippen LogP contribution >= 0.6 is 15.9 Å². The van der Waals surface area contributed by atoms with Crippen molar-refractivity contribution in [1.82, 2.24) is 0 Å². The maximum Gasteiger partial charge on any atom is 0.260 e. The molecule has 0 saturated carbocycles. The standard InChI is InChI=1S/C19H13BrN2O2/c1-2-22-16-9-8-13(20)10-14(16)17(19(22)24)15(11-21)18(23)12-6-4-3-5-7-12/h3-10H,2H2,1H3/b17-15-. The molecule has 1 aliphatic rings. The first-order valence-corrected chi connectivity index (χ1v) is 8.23. The first kappa shape index (κ1) is 16.2. The largest absolute Gasteiger partial charge is 0.308 e. The summed E-state index contributed by atoms with van der Waals surface area (Å²) in [7, 11) is 0. The van der Waals surface area contributed by atoms with Gasteiger partial charge in [-0.25, -0.2) is 0 Å². The number of ketones is 1. The highest BCUT2D eigenvalue weighted by Gasteiger charge is 2.35. The molecule has 1 aliphatic heterocycles. The minimum absolute atomic E-state index is 0.124. The molecule has 0 saturated heterocycles. The van der Waals surface area contributed by atoms with Crippen LogP contribution in [0.2, 0.25) is 0 Å². The Balaban J connectivity index is 2.24. The number of hydrogen-bond donors (Lipinski definition) is 0. The lowest BCUT2D eigenvalue weighted by atomic mass is 9.95. The number of Topliss-reactive ketones (excluding diaryl/α,β-unsaturated/α-hetero) is 1. The van der Waals surface area contributed by atoms with Crippen molar-refractivity contribution in [2.75, 3.05) is 11.4 Å². The maximum atomic E-state index is 12.8. The van der Waals surface area contributed by atoms with E-state index in [2.05, 4.69) is 15.9 Å². The zero-order valence-electron chi connectivity index (χ0n) is 12.9. The van der Waals surface area contributed by atoms with Crippen molar-refractivity contribution >= 4 is 38.9 Å². The molecule has 0 aliphatic carbocycles. The quantitative estimate of drug-likeness (QED) is 0.459. The number of nitriles is 1. The molecule has 0 spiro atoms. The van der Waals surface area contributed by atoms with Gasteiger partial charge >= 0.3 is 0 Å². The van der Waals surface area contributed by atoms with Crippen LogP contribution in [-0.2, 0) is 4.79 Å². The van der Waals surface area contributed by atoms with Crippen molar-refractivity contribution in [3.63, 3.8) is 0 Å². The second-order valence-electron chi connectivity index (χ2n) is 5.27. The zero-order chi connectivity index (χ0) is 17.3. The number of halogens is 1. The topological polar surface area (TPSA) is 61.2 Å². The average Bonchev–Trinajstić information content (AvgIpc) is 2.87. The molecule has 0 atom stereocenters. The molecule has 118 valence electrons. The number of allylic oxidation sites excluding steroid dienone is 1. The van der Waals surface area contributed by atoms with Crippen LogP contribution in [0.15, 0.2) is 58.6 Å². The third-order valence-electron chi connectivity index (χ3n) is 3.92. The Labute approximate surface area is 148 Å². The predicted molar refractivity (Wildman–Crippen MR) is 95.5 cm³/mol. The fraction of sp³-hybridized carbons (Fsp3) is 0.105. The van der Waals surface area contributed by atoms with Crippen LogP contribution in [0.5, 0.6) is 0 Å². The van der Waals surface area contributed by atoms with Crippen molar-refractivity contribution in [2.45, 2.75) is 6.92 Å². The van der Waals surface area contributed by atoms with E-state index in [9.17, 15) is 14.9 Å². The van der Waals surface area contributed by atoms with Crippen LogP contribution in [0.25, 0.3) is 5.57 Å². The SMILES string of the molecule is CCN1C(=O)/C(=C(/C#N)C(=O)c2ccccc2)c2cc(Br)ccc21. The number of carbonyl (C=O) groups is 2. The van der Waals surface area contributed by atoms with E-state index in [0.717, 1.165) is 4.47 Å². The first-order chi connectivity index (χ1) is 11.6. The lowest BCUT2D eigenvalue weighted by Gasteiger charge is -2.13. The Bertz CT molecular complexity index is 911. The number of hydrogen-bond acceptors (Lipinski definition) is 3. The monoisotopic (exact) mass is 380 g/mol. The van der Waals surface area contributed by atoms with Crippen LogP contribution < -0.4 is 4.90 Å². The molecule has 0 N–H and O–H groups in total. The molecule has 4 nitrogen and oxygen atoms in total. The van der Waals surface area contributed by atoms with Gasteiger partial charge in [0.05, 0.1) is 11.3 Å². The van der Waals surface area contributed by atoms with Gasteiger partial charge in [-0.2, -0.15) is 5.26 Å². The van der Waals surface area contributed by atoms with Crippen molar-refractivity contribution < 1.29 is 9.59 Å². The van der Waals surface area contributed by atoms with Gasteiger partial charge in [-0.05, 0) is 25.1 Å². The summed E-state index contributed by atoms with van der Waals surface area (Å²) < 4.78 is 0.786. The molecule has 0 unspecified atom stereocenters. The summed E-state index contributed by atoms with van der Waals surface area (Å²) in [6.45, 7) is 2.33. The van der Waals surface area contributed by atoms with E-state index < -0.39 is 5.78 Å². The van der Waals surface area contributed by atoms with Gasteiger partial charge in [0.2, 0.25) is 5.78 Å². The van der Waals surface area contributed by atoms with Crippen molar-refractivity contribution in [3.8, 4) is 6.07 Å². The van der Waals surface area contributed by atoms with Crippen LogP contribution in [0.3, 0.4) is 0 Å². The van der Waals surface area contributed by atoms with E-state index in [4.69, 9.17) is 0 Å². The number of amides is 1. The number of fused-ring (bicyclic) bond motifs is 1. The smallest absolute Gasteiger partial charge is 0.260 e. The highest BCUT2D eigenvalue weighted by Crippen LogP contribution is 2.40. The molecule has 1 amide bonds. The van der Waals surface area contributed by atoms with Crippen molar-refractivity contribution in [3.05, 3.63) is 69.7 Å². The Morgan fingerprint density at radius 3 is 2.54 bits per heavy atom. The second kappa shape index (κ2) is 6.42. The summed E-state index contributed by atoms with van der Waals surface area (Å²) >= 11 is 3.39. The van der Waals surface area contributed by atoms with Gasteiger partial charge in [0.1, 0.15) is 11.6 Å². The van der Waals surface area contributed by atoms with Gasteiger partial charge in [-0.3, -0.25) is 9.59 Å². The van der Waals surface area contributed by atoms with Crippen LogP contribution in [0, 0.1) is 11.3 Å². The zero-order valence-corrected chi connectivity index (χ0v) is 14.5. The van der Waals surface area contributed by atoms with Crippen LogP contribution in [-0.4, -0.2) is 18.2 Å². The van der Waals surface area contributed by atoms with Gasteiger partial charge in [0.15, 0.2) is 0 Å². The van der Waals surface area contributed by atoms with E-state index in [-0.39, 0.29) is 17.1 Å². The van der Waals surface area contributed by atoms with Crippen molar-refractivity contribution in [2.24, 2.45) is 0 Å². The van der Waals surface area contributed by atoms with E-state index in [1.807, 2.05) is 25.1 Å². The molecular weight excluding hydrogens is 368 g/mol. The number of benzene rings is 2. The fourth-order valence-electron chi connectivity index (χ4n) is 2.81. The summed E-state index contributed by atoms with van der Waals surface area (Å²) in [4.78, 5) is 27.1. The van der Waals surface area contributed by atoms with Crippen molar-refractivity contribution in [1.29, 1.82) is 5.26 Å². The Morgan fingerprint density at radius 1 is 1.21 bits per heavy atom. The number of likely N-dealkylation sites (N-methyl/N-ethyl adjacent to an activating group) is 1.